The normalized spacial score (nSPS) is 17.4. The lowest BCUT2D eigenvalue weighted by atomic mass is 10.0. The van der Waals surface area contributed by atoms with Crippen LogP contribution >= 0.6 is 11.8 Å². The summed E-state index contributed by atoms with van der Waals surface area (Å²) in [5, 5.41) is 2.03. The smallest absolute Gasteiger partial charge is 0.0962 e. The molecule has 1 aliphatic carbocycles. The van der Waals surface area contributed by atoms with Crippen molar-refractivity contribution in [1.29, 1.82) is 0 Å². The van der Waals surface area contributed by atoms with Gasteiger partial charge in [0.25, 0.3) is 0 Å². The number of pyridine rings is 1. The van der Waals surface area contributed by atoms with Crippen molar-refractivity contribution in [2.45, 2.75) is 36.5 Å². The molecule has 1 nitrogen and oxygen atoms in total. The highest BCUT2D eigenvalue weighted by atomic mass is 32.2. The molecule has 12 heavy (non-hydrogen) atoms. The van der Waals surface area contributed by atoms with E-state index in [-0.39, 0.29) is 0 Å². The molecule has 0 saturated heterocycles. The molecule has 2 rings (SSSR count). The van der Waals surface area contributed by atoms with Gasteiger partial charge in [0.1, 0.15) is 0 Å². The van der Waals surface area contributed by atoms with Crippen molar-refractivity contribution >= 4 is 11.8 Å². The zero-order chi connectivity index (χ0) is 8.39. The van der Waals surface area contributed by atoms with Gasteiger partial charge in [-0.25, -0.2) is 4.98 Å². The molecule has 2 heteroatoms. The van der Waals surface area contributed by atoms with Gasteiger partial charge in [0.15, 0.2) is 0 Å². The first-order valence-electron chi connectivity index (χ1n) is 4.44. The van der Waals surface area contributed by atoms with Gasteiger partial charge in [-0.1, -0.05) is 12.5 Å². The minimum Gasteiger partial charge on any atom is -0.250 e. The van der Waals surface area contributed by atoms with E-state index in [2.05, 4.69) is 24.0 Å². The Balaban J connectivity index is 1.98. The molecule has 1 saturated carbocycles. The number of hydrogen-bond acceptors (Lipinski definition) is 2. The molecule has 1 heterocycles. The van der Waals surface area contributed by atoms with Crippen molar-refractivity contribution in [3.63, 3.8) is 0 Å². The van der Waals surface area contributed by atoms with Gasteiger partial charge >= 0.3 is 0 Å². The minimum absolute atomic E-state index is 0.847. The fourth-order valence-electron chi connectivity index (χ4n) is 1.18. The topological polar surface area (TPSA) is 12.9 Å². The highest BCUT2D eigenvalue weighted by Gasteiger charge is 2.18. The molecule has 1 aromatic heterocycles. The summed E-state index contributed by atoms with van der Waals surface area (Å²) in [7, 11) is 0. The lowest BCUT2D eigenvalue weighted by Crippen LogP contribution is -2.12. The molecular weight excluding hydrogens is 166 g/mol. The van der Waals surface area contributed by atoms with E-state index in [0.29, 0.717) is 0 Å². The van der Waals surface area contributed by atoms with E-state index >= 15 is 0 Å². The predicted octanol–water partition coefficient (Wildman–Crippen LogP) is 3.03. The maximum absolute atomic E-state index is 4.36. The van der Waals surface area contributed by atoms with E-state index in [1.54, 1.807) is 0 Å². The third kappa shape index (κ3) is 1.81. The SMILES string of the molecule is Cc1ccc(SC2CCC2)nc1. The molecule has 0 aliphatic heterocycles. The molecule has 0 bridgehead atoms. The summed E-state index contributed by atoms with van der Waals surface area (Å²) < 4.78 is 0. The van der Waals surface area contributed by atoms with Crippen LogP contribution in [0.3, 0.4) is 0 Å². The molecule has 64 valence electrons. The molecule has 0 atom stereocenters. The van der Waals surface area contributed by atoms with Gasteiger partial charge in [-0.15, -0.1) is 11.8 Å². The van der Waals surface area contributed by atoms with Crippen LogP contribution in [0.25, 0.3) is 0 Å². The highest BCUT2D eigenvalue weighted by Crippen LogP contribution is 2.35. The molecule has 1 aromatic rings. The van der Waals surface area contributed by atoms with Gasteiger partial charge in [-0.3, -0.25) is 0 Å². The number of hydrogen-bond donors (Lipinski definition) is 0. The molecule has 1 aliphatic rings. The lowest BCUT2D eigenvalue weighted by molar-refractivity contribution is 0.521. The molecule has 1 fully saturated rings. The van der Waals surface area contributed by atoms with E-state index < -0.39 is 0 Å². The van der Waals surface area contributed by atoms with E-state index in [9.17, 15) is 0 Å². The Labute approximate surface area is 77.6 Å². The van der Waals surface area contributed by atoms with Crippen LogP contribution in [0.1, 0.15) is 24.8 Å². The number of aromatic nitrogens is 1. The Morgan fingerprint density at radius 3 is 2.75 bits per heavy atom. The van der Waals surface area contributed by atoms with Crippen LogP contribution < -0.4 is 0 Å². The largest absolute Gasteiger partial charge is 0.250 e. The van der Waals surface area contributed by atoms with Gasteiger partial charge in [0.05, 0.1) is 5.03 Å². The zero-order valence-corrected chi connectivity index (χ0v) is 8.10. The average Bonchev–Trinajstić information content (AvgIpc) is 2.00. The number of rotatable bonds is 2. The first kappa shape index (κ1) is 8.11. The Morgan fingerprint density at radius 1 is 1.42 bits per heavy atom. The summed E-state index contributed by atoms with van der Waals surface area (Å²) in [5.41, 5.74) is 1.24. The maximum Gasteiger partial charge on any atom is 0.0962 e. The monoisotopic (exact) mass is 179 g/mol. The summed E-state index contributed by atoms with van der Waals surface area (Å²) in [4.78, 5) is 4.36. The van der Waals surface area contributed by atoms with Gasteiger partial charge in [-0.2, -0.15) is 0 Å². The van der Waals surface area contributed by atoms with Crippen molar-refractivity contribution in [2.75, 3.05) is 0 Å². The summed E-state index contributed by atoms with van der Waals surface area (Å²) in [6.45, 7) is 2.07. The fourth-order valence-corrected chi connectivity index (χ4v) is 2.35. The first-order chi connectivity index (χ1) is 5.84. The fraction of sp³-hybridized carbons (Fsp3) is 0.500. The van der Waals surface area contributed by atoms with Gasteiger partial charge in [0, 0.05) is 11.4 Å². The maximum atomic E-state index is 4.36. The number of thioether (sulfide) groups is 1. The van der Waals surface area contributed by atoms with Crippen molar-refractivity contribution in [2.24, 2.45) is 0 Å². The Bertz CT molecular complexity index is 251. The van der Waals surface area contributed by atoms with Crippen LogP contribution in [0.15, 0.2) is 23.4 Å². The molecular formula is C10H13NS. The number of aryl methyl sites for hydroxylation is 1. The van der Waals surface area contributed by atoms with Crippen LogP contribution in [-0.2, 0) is 0 Å². The average molecular weight is 179 g/mol. The Kier molecular flexibility index (Phi) is 2.35. The van der Waals surface area contributed by atoms with E-state index in [4.69, 9.17) is 0 Å². The van der Waals surface area contributed by atoms with Crippen LogP contribution in [0.5, 0.6) is 0 Å². The second kappa shape index (κ2) is 3.48. The molecule has 0 N–H and O–H groups in total. The second-order valence-electron chi connectivity index (χ2n) is 3.34. The molecule has 0 unspecified atom stereocenters. The molecule has 0 amide bonds. The quantitative estimate of drug-likeness (QED) is 0.692. The zero-order valence-electron chi connectivity index (χ0n) is 7.29. The van der Waals surface area contributed by atoms with Crippen molar-refractivity contribution in [1.82, 2.24) is 4.98 Å². The lowest BCUT2D eigenvalue weighted by Gasteiger charge is -2.23. The van der Waals surface area contributed by atoms with Crippen molar-refractivity contribution in [3.8, 4) is 0 Å². The predicted molar refractivity (Wildman–Crippen MR) is 52.5 cm³/mol. The van der Waals surface area contributed by atoms with Crippen LogP contribution in [0, 0.1) is 6.92 Å². The van der Waals surface area contributed by atoms with E-state index in [1.807, 2.05) is 18.0 Å². The number of nitrogens with zero attached hydrogens (tertiary/aromatic N) is 1. The second-order valence-corrected chi connectivity index (χ2v) is 4.67. The molecule has 0 radical (unpaired) electrons. The van der Waals surface area contributed by atoms with Crippen LogP contribution in [0.4, 0.5) is 0 Å². The first-order valence-corrected chi connectivity index (χ1v) is 5.32. The third-order valence-electron chi connectivity index (χ3n) is 2.22. The van der Waals surface area contributed by atoms with Crippen molar-refractivity contribution in [3.05, 3.63) is 23.9 Å². The standard InChI is InChI=1S/C10H13NS/c1-8-5-6-10(11-7-8)12-9-3-2-4-9/h5-7,9H,2-4H2,1H3. The third-order valence-corrected chi connectivity index (χ3v) is 3.51. The van der Waals surface area contributed by atoms with Gasteiger partial charge in [-0.05, 0) is 31.4 Å². The molecule has 0 spiro atoms. The summed E-state index contributed by atoms with van der Waals surface area (Å²) in [5.74, 6) is 0. The molecule has 0 aromatic carbocycles. The Hall–Kier alpha value is -0.500. The van der Waals surface area contributed by atoms with Gasteiger partial charge in [0.2, 0.25) is 0 Å². The summed E-state index contributed by atoms with van der Waals surface area (Å²) >= 11 is 1.93. The summed E-state index contributed by atoms with van der Waals surface area (Å²) in [6, 6.07) is 4.26. The minimum atomic E-state index is 0.847. The van der Waals surface area contributed by atoms with E-state index in [1.165, 1.54) is 29.9 Å². The van der Waals surface area contributed by atoms with E-state index in [0.717, 1.165) is 5.25 Å². The van der Waals surface area contributed by atoms with Crippen LogP contribution in [-0.4, -0.2) is 10.2 Å². The van der Waals surface area contributed by atoms with Gasteiger partial charge < -0.3 is 0 Å². The van der Waals surface area contributed by atoms with Crippen LogP contribution in [0.2, 0.25) is 0 Å². The Morgan fingerprint density at radius 2 is 2.25 bits per heavy atom. The summed E-state index contributed by atoms with van der Waals surface area (Å²) in [6.07, 6.45) is 6.10. The highest BCUT2D eigenvalue weighted by molar-refractivity contribution is 7.99. The van der Waals surface area contributed by atoms with Crippen molar-refractivity contribution < 1.29 is 0 Å².